The molecule has 1 aromatic heterocycles. The maximum absolute atomic E-state index is 11.7. The van der Waals surface area contributed by atoms with E-state index in [9.17, 15) is 4.79 Å². The molecule has 20 heavy (non-hydrogen) atoms. The fourth-order valence-electron chi connectivity index (χ4n) is 2.70. The largest absolute Gasteiger partial charge is 0.366 e. The number of primary amides is 1. The molecule has 3 rings (SSSR count). The summed E-state index contributed by atoms with van der Waals surface area (Å²) in [6, 6.07) is 9.80. The van der Waals surface area contributed by atoms with Crippen LogP contribution in [0.3, 0.4) is 0 Å². The predicted octanol–water partition coefficient (Wildman–Crippen LogP) is 1.13. The zero-order valence-corrected chi connectivity index (χ0v) is 11.5. The molecule has 0 radical (unpaired) electrons. The van der Waals surface area contributed by atoms with Crippen LogP contribution in [0.5, 0.6) is 0 Å². The van der Waals surface area contributed by atoms with Gasteiger partial charge in [0, 0.05) is 25.0 Å². The van der Waals surface area contributed by atoms with Gasteiger partial charge in [-0.1, -0.05) is 18.2 Å². The lowest BCUT2D eigenvalue weighted by atomic mass is 10.1. The van der Waals surface area contributed by atoms with Crippen molar-refractivity contribution in [2.24, 2.45) is 5.73 Å². The average molecular weight is 270 g/mol. The smallest absolute Gasteiger partial charge is 0.249 e. The Kier molecular flexibility index (Phi) is 3.28. The Morgan fingerprint density at radius 1 is 1.45 bits per heavy atom. The highest BCUT2D eigenvalue weighted by molar-refractivity contribution is 6.06. The van der Waals surface area contributed by atoms with E-state index in [-0.39, 0.29) is 0 Å². The third kappa shape index (κ3) is 2.20. The lowest BCUT2D eigenvalue weighted by Crippen LogP contribution is -2.34. The van der Waals surface area contributed by atoms with Gasteiger partial charge in [0.15, 0.2) is 0 Å². The van der Waals surface area contributed by atoms with E-state index >= 15 is 0 Å². The third-order valence-electron chi connectivity index (χ3n) is 3.91. The van der Waals surface area contributed by atoms with Gasteiger partial charge in [-0.2, -0.15) is 0 Å². The quantitative estimate of drug-likeness (QED) is 0.877. The normalized spacial score (nSPS) is 18.4. The van der Waals surface area contributed by atoms with E-state index in [1.807, 2.05) is 31.3 Å². The summed E-state index contributed by atoms with van der Waals surface area (Å²) in [6.07, 6.45) is 1.08. The lowest BCUT2D eigenvalue weighted by molar-refractivity contribution is 0.100. The van der Waals surface area contributed by atoms with E-state index in [1.54, 1.807) is 6.07 Å². The van der Waals surface area contributed by atoms with E-state index in [1.165, 1.54) is 0 Å². The number of fused-ring (bicyclic) bond motifs is 1. The molecule has 1 aromatic carbocycles. The van der Waals surface area contributed by atoms with Gasteiger partial charge in [-0.3, -0.25) is 4.79 Å². The molecule has 5 heteroatoms. The molecule has 1 atom stereocenters. The van der Waals surface area contributed by atoms with Crippen LogP contribution in [-0.4, -0.2) is 37.1 Å². The Morgan fingerprint density at radius 3 is 2.95 bits per heavy atom. The second kappa shape index (κ2) is 5.09. The molecule has 1 saturated heterocycles. The Labute approximate surface area is 117 Å². The third-order valence-corrected chi connectivity index (χ3v) is 3.91. The van der Waals surface area contributed by atoms with Gasteiger partial charge < -0.3 is 16.0 Å². The maximum Gasteiger partial charge on any atom is 0.249 e. The first-order chi connectivity index (χ1) is 9.66. The molecule has 0 aliphatic carbocycles. The number of hydrogen-bond acceptors (Lipinski definition) is 4. The molecule has 2 heterocycles. The summed E-state index contributed by atoms with van der Waals surface area (Å²) >= 11 is 0. The van der Waals surface area contributed by atoms with Crippen LogP contribution < -0.4 is 16.0 Å². The van der Waals surface area contributed by atoms with Gasteiger partial charge in [0.2, 0.25) is 5.91 Å². The van der Waals surface area contributed by atoms with Gasteiger partial charge >= 0.3 is 0 Å². The van der Waals surface area contributed by atoms with Crippen molar-refractivity contribution in [3.63, 3.8) is 0 Å². The number of para-hydroxylation sites is 1. The van der Waals surface area contributed by atoms with Gasteiger partial charge in [-0.15, -0.1) is 0 Å². The van der Waals surface area contributed by atoms with Crippen LogP contribution in [0.4, 0.5) is 5.82 Å². The highest BCUT2D eigenvalue weighted by Crippen LogP contribution is 2.24. The number of carbonyl (C=O) groups excluding carboxylic acids is 1. The average Bonchev–Trinajstić information content (AvgIpc) is 2.99. The van der Waals surface area contributed by atoms with Crippen molar-refractivity contribution in [2.45, 2.75) is 12.5 Å². The van der Waals surface area contributed by atoms with Gasteiger partial charge in [0.05, 0.1) is 11.1 Å². The highest BCUT2D eigenvalue weighted by Gasteiger charge is 2.21. The van der Waals surface area contributed by atoms with E-state index in [0.29, 0.717) is 11.6 Å². The van der Waals surface area contributed by atoms with Crippen LogP contribution in [0.1, 0.15) is 16.8 Å². The van der Waals surface area contributed by atoms with E-state index in [2.05, 4.69) is 15.2 Å². The van der Waals surface area contributed by atoms with E-state index in [4.69, 9.17) is 5.73 Å². The number of carbonyl (C=O) groups is 1. The molecule has 2 aromatic rings. The molecule has 3 N–H and O–H groups in total. The van der Waals surface area contributed by atoms with Gasteiger partial charge in [-0.05, 0) is 25.1 Å². The molecule has 1 aliphatic heterocycles. The minimum atomic E-state index is -0.414. The Balaban J connectivity index is 2.09. The van der Waals surface area contributed by atoms with Crippen molar-refractivity contribution in [1.29, 1.82) is 0 Å². The molecule has 1 fully saturated rings. The number of rotatable bonds is 3. The Morgan fingerprint density at radius 2 is 2.25 bits per heavy atom. The minimum absolute atomic E-state index is 0.407. The molecule has 0 bridgehead atoms. The maximum atomic E-state index is 11.7. The van der Waals surface area contributed by atoms with Crippen molar-refractivity contribution in [3.05, 3.63) is 35.9 Å². The molecule has 0 saturated carbocycles. The highest BCUT2D eigenvalue weighted by atomic mass is 16.1. The Bertz CT molecular complexity index is 649. The fourth-order valence-corrected chi connectivity index (χ4v) is 2.70. The molecular weight excluding hydrogens is 252 g/mol. The number of benzene rings is 1. The summed E-state index contributed by atoms with van der Waals surface area (Å²) in [5.74, 6) is 0.383. The SMILES string of the molecule is CN(c1cc(C(N)=O)c2ccccc2n1)C1CCNC1. The van der Waals surface area contributed by atoms with E-state index < -0.39 is 5.91 Å². The minimum Gasteiger partial charge on any atom is -0.366 e. The first kappa shape index (κ1) is 12.9. The molecule has 104 valence electrons. The molecule has 5 nitrogen and oxygen atoms in total. The number of nitrogens with one attached hydrogen (secondary N) is 1. The number of nitrogens with zero attached hydrogens (tertiary/aromatic N) is 2. The van der Waals surface area contributed by atoms with Crippen molar-refractivity contribution in [2.75, 3.05) is 25.0 Å². The number of pyridine rings is 1. The summed E-state index contributed by atoms with van der Waals surface area (Å²) < 4.78 is 0. The topological polar surface area (TPSA) is 71.2 Å². The molecular formula is C15H18N4O. The summed E-state index contributed by atoms with van der Waals surface area (Å²) in [5, 5.41) is 4.14. The molecule has 1 unspecified atom stereocenters. The second-order valence-corrected chi connectivity index (χ2v) is 5.17. The number of aromatic nitrogens is 1. The first-order valence-corrected chi connectivity index (χ1v) is 6.80. The van der Waals surface area contributed by atoms with E-state index in [0.717, 1.165) is 36.2 Å². The van der Waals surface area contributed by atoms with Crippen LogP contribution in [0.25, 0.3) is 10.9 Å². The zero-order chi connectivity index (χ0) is 14.1. The summed E-state index contributed by atoms with van der Waals surface area (Å²) in [4.78, 5) is 18.5. The summed E-state index contributed by atoms with van der Waals surface area (Å²) in [5.41, 5.74) is 6.84. The number of amides is 1. The number of hydrogen-bond donors (Lipinski definition) is 2. The van der Waals surface area contributed by atoms with Crippen molar-refractivity contribution >= 4 is 22.6 Å². The van der Waals surface area contributed by atoms with Crippen molar-refractivity contribution < 1.29 is 4.79 Å². The van der Waals surface area contributed by atoms with Gasteiger partial charge in [0.1, 0.15) is 5.82 Å². The Hall–Kier alpha value is -2.14. The first-order valence-electron chi connectivity index (χ1n) is 6.80. The van der Waals surface area contributed by atoms with Crippen LogP contribution in [-0.2, 0) is 0 Å². The van der Waals surface area contributed by atoms with Gasteiger partial charge in [-0.25, -0.2) is 4.98 Å². The van der Waals surface area contributed by atoms with Crippen LogP contribution >= 0.6 is 0 Å². The fraction of sp³-hybridized carbons (Fsp3) is 0.333. The number of likely N-dealkylation sites (N-methyl/N-ethyl adjacent to an activating group) is 1. The number of anilines is 1. The second-order valence-electron chi connectivity index (χ2n) is 5.17. The van der Waals surface area contributed by atoms with Gasteiger partial charge in [0.25, 0.3) is 0 Å². The monoisotopic (exact) mass is 270 g/mol. The van der Waals surface area contributed by atoms with Crippen molar-refractivity contribution in [3.8, 4) is 0 Å². The van der Waals surface area contributed by atoms with Crippen LogP contribution in [0.2, 0.25) is 0 Å². The van der Waals surface area contributed by atoms with Crippen molar-refractivity contribution in [1.82, 2.24) is 10.3 Å². The summed E-state index contributed by atoms with van der Waals surface area (Å²) in [7, 11) is 2.01. The standard InChI is InChI=1S/C15H18N4O/c1-19(10-6-7-17-9-10)14-8-12(15(16)20)11-4-2-3-5-13(11)18-14/h2-5,8,10,17H,6-7,9H2,1H3,(H2,16,20). The predicted molar refractivity (Wildman–Crippen MR) is 79.9 cm³/mol. The molecule has 1 amide bonds. The molecule has 1 aliphatic rings. The summed E-state index contributed by atoms with van der Waals surface area (Å²) in [6.45, 7) is 1.96. The zero-order valence-electron chi connectivity index (χ0n) is 11.5. The van der Waals surface area contributed by atoms with Crippen LogP contribution in [0.15, 0.2) is 30.3 Å². The molecule has 0 spiro atoms. The number of nitrogens with two attached hydrogens (primary N) is 1. The lowest BCUT2D eigenvalue weighted by Gasteiger charge is -2.25. The van der Waals surface area contributed by atoms with Crippen LogP contribution in [0, 0.1) is 0 Å².